The Morgan fingerprint density at radius 2 is 1.77 bits per heavy atom. The lowest BCUT2D eigenvalue weighted by molar-refractivity contribution is -0.225. The van der Waals surface area contributed by atoms with E-state index in [1.807, 2.05) is 12.1 Å². The molecule has 1 aromatic carbocycles. The Balaban J connectivity index is 1.28. The smallest absolute Gasteiger partial charge is 0.159 e. The maximum absolute atomic E-state index is 14.4. The van der Waals surface area contributed by atoms with Gasteiger partial charge in [-0.05, 0) is 116 Å². The molecule has 1 aromatic rings. The van der Waals surface area contributed by atoms with Gasteiger partial charge in [0.1, 0.15) is 17.5 Å². The first-order chi connectivity index (χ1) is 22.7. The SMILES string of the molecule is CC(C)C(C)C1OC1C1(O)CC=CC2CC3C(=CC(=O)C4CC(O)C(O)C5(CCCC5)C43C)C3(O)CCC1C23CCc1cccc(O)c1. The van der Waals surface area contributed by atoms with Crippen molar-refractivity contribution in [3.05, 3.63) is 53.6 Å². The number of ketones is 1. The summed E-state index contributed by atoms with van der Waals surface area (Å²) in [6.07, 6.45) is 11.2. The number of benzene rings is 1. The highest BCUT2D eigenvalue weighted by molar-refractivity contribution is 5.95. The second-order valence-electron chi connectivity index (χ2n) is 17.8. The average molecular weight is 661 g/mol. The van der Waals surface area contributed by atoms with Crippen LogP contribution in [0.25, 0.3) is 0 Å². The van der Waals surface area contributed by atoms with Crippen LogP contribution in [0.3, 0.4) is 0 Å². The van der Waals surface area contributed by atoms with E-state index in [0.29, 0.717) is 38.0 Å². The van der Waals surface area contributed by atoms with Gasteiger partial charge in [0, 0.05) is 22.7 Å². The summed E-state index contributed by atoms with van der Waals surface area (Å²) in [6, 6.07) is 7.33. The fourth-order valence-corrected chi connectivity index (χ4v) is 13.3. The second kappa shape index (κ2) is 11.0. The summed E-state index contributed by atoms with van der Waals surface area (Å²) in [5.74, 6) is -0.00581. The molecule has 13 unspecified atom stereocenters. The van der Waals surface area contributed by atoms with E-state index in [9.17, 15) is 30.3 Å². The van der Waals surface area contributed by atoms with Crippen molar-refractivity contribution in [3.63, 3.8) is 0 Å². The summed E-state index contributed by atoms with van der Waals surface area (Å²) >= 11 is 0. The van der Waals surface area contributed by atoms with Crippen LogP contribution in [0.4, 0.5) is 0 Å². The normalized spacial score (nSPS) is 47.7. The molecule has 6 aliphatic carbocycles. The molecule has 1 heterocycles. The quantitative estimate of drug-likeness (QED) is 0.197. The number of aryl methyl sites for hydroxylation is 1. The van der Waals surface area contributed by atoms with E-state index in [2.05, 4.69) is 39.8 Å². The topological polar surface area (TPSA) is 131 Å². The van der Waals surface area contributed by atoms with E-state index < -0.39 is 45.6 Å². The molecule has 0 amide bonds. The number of aromatic hydroxyl groups is 1. The molecule has 48 heavy (non-hydrogen) atoms. The predicted molar refractivity (Wildman–Crippen MR) is 182 cm³/mol. The molecule has 0 bridgehead atoms. The molecule has 1 saturated heterocycles. The highest BCUT2D eigenvalue weighted by Crippen LogP contribution is 2.76. The van der Waals surface area contributed by atoms with Crippen molar-refractivity contribution >= 4 is 5.78 Å². The number of phenols is 1. The Morgan fingerprint density at radius 1 is 1.02 bits per heavy atom. The van der Waals surface area contributed by atoms with Crippen LogP contribution in [0.5, 0.6) is 5.75 Å². The Hall–Kier alpha value is -2.03. The standard InChI is InChI=1S/C41H56O7/c1-23(2)24(3)34-36(48-34)40(46)16-8-10-26-20-28-29(21-31(43)30-22-32(44)35(45)38(37(28,30)4)14-5-6-15-38)41(47)18-13-33(40)39(26,41)17-12-25-9-7-11-27(42)19-25/h7-11,19,21,23-24,26,28,30,32-36,42,44-47H,5-6,12-18,20,22H2,1-4H3. The lowest BCUT2D eigenvalue weighted by Crippen LogP contribution is -2.70. The molecule has 7 nitrogen and oxygen atoms in total. The molecule has 5 N–H and O–H groups in total. The van der Waals surface area contributed by atoms with Crippen molar-refractivity contribution in [1.29, 1.82) is 0 Å². The van der Waals surface area contributed by atoms with E-state index in [1.54, 1.807) is 18.2 Å². The molecular formula is C41H56O7. The van der Waals surface area contributed by atoms with Crippen molar-refractivity contribution < 1.29 is 35.1 Å². The van der Waals surface area contributed by atoms with E-state index in [1.165, 1.54) is 0 Å². The maximum Gasteiger partial charge on any atom is 0.159 e. The predicted octanol–water partition coefficient (Wildman–Crippen LogP) is 5.66. The zero-order chi connectivity index (χ0) is 34.0. The fraction of sp³-hybridized carbons (Fsp3) is 0.732. The van der Waals surface area contributed by atoms with Gasteiger partial charge in [-0.1, -0.05) is 64.8 Å². The highest BCUT2D eigenvalue weighted by Gasteiger charge is 2.77. The number of carbonyl (C=O) groups is 1. The summed E-state index contributed by atoms with van der Waals surface area (Å²) < 4.78 is 6.40. The molecular weight excluding hydrogens is 604 g/mol. The van der Waals surface area contributed by atoms with Crippen LogP contribution < -0.4 is 0 Å². The number of ether oxygens (including phenoxy) is 1. The number of aliphatic hydroxyl groups is 4. The number of rotatable bonds is 6. The first kappa shape index (κ1) is 33.1. The van der Waals surface area contributed by atoms with Crippen LogP contribution in [-0.2, 0) is 16.0 Å². The van der Waals surface area contributed by atoms with Crippen molar-refractivity contribution in [2.45, 2.75) is 134 Å². The van der Waals surface area contributed by atoms with Gasteiger partial charge >= 0.3 is 0 Å². The lowest BCUT2D eigenvalue weighted by Gasteiger charge is -2.68. The maximum atomic E-state index is 14.4. The Kier molecular flexibility index (Phi) is 7.58. The molecule has 13 atom stereocenters. The van der Waals surface area contributed by atoms with Gasteiger partial charge in [-0.2, -0.15) is 0 Å². The van der Waals surface area contributed by atoms with Crippen molar-refractivity contribution in [3.8, 4) is 5.75 Å². The minimum Gasteiger partial charge on any atom is -0.508 e. The van der Waals surface area contributed by atoms with Crippen molar-refractivity contribution in [2.24, 2.45) is 51.8 Å². The van der Waals surface area contributed by atoms with Crippen molar-refractivity contribution in [1.82, 2.24) is 0 Å². The van der Waals surface area contributed by atoms with Crippen LogP contribution in [0.1, 0.15) is 97.5 Å². The average Bonchev–Trinajstić information content (AvgIpc) is 3.61. The Morgan fingerprint density at radius 3 is 2.48 bits per heavy atom. The zero-order valence-corrected chi connectivity index (χ0v) is 29.1. The van der Waals surface area contributed by atoms with Crippen LogP contribution >= 0.6 is 0 Å². The van der Waals surface area contributed by atoms with Gasteiger partial charge < -0.3 is 30.3 Å². The van der Waals surface area contributed by atoms with Gasteiger partial charge in [0.25, 0.3) is 0 Å². The van der Waals surface area contributed by atoms with Gasteiger partial charge in [-0.15, -0.1) is 0 Å². The third-order valence-electron chi connectivity index (χ3n) is 16.0. The third kappa shape index (κ3) is 4.14. The van der Waals surface area contributed by atoms with Crippen LogP contribution in [0.2, 0.25) is 0 Å². The summed E-state index contributed by atoms with van der Waals surface area (Å²) in [7, 11) is 0. The number of hydrogen-bond acceptors (Lipinski definition) is 7. The second-order valence-corrected chi connectivity index (χ2v) is 17.8. The van der Waals surface area contributed by atoms with E-state index >= 15 is 0 Å². The van der Waals surface area contributed by atoms with Gasteiger partial charge in [0.15, 0.2) is 5.78 Å². The molecule has 8 rings (SSSR count). The van der Waals surface area contributed by atoms with Gasteiger partial charge in [-0.25, -0.2) is 0 Å². The molecule has 1 aliphatic heterocycles. The molecule has 5 fully saturated rings. The number of allylic oxidation sites excluding steroid dienone is 2. The number of epoxide rings is 1. The van der Waals surface area contributed by atoms with Gasteiger partial charge in [0.05, 0.1) is 23.9 Å². The van der Waals surface area contributed by atoms with Crippen LogP contribution in [0.15, 0.2) is 48.1 Å². The Bertz CT molecular complexity index is 1530. The fourth-order valence-electron chi connectivity index (χ4n) is 13.3. The minimum atomic E-state index is -1.34. The molecule has 7 heteroatoms. The number of aliphatic hydroxyl groups excluding tert-OH is 2. The van der Waals surface area contributed by atoms with E-state index in [-0.39, 0.29) is 53.8 Å². The minimum absolute atomic E-state index is 0.0322. The summed E-state index contributed by atoms with van der Waals surface area (Å²) in [6.45, 7) is 8.80. The molecule has 0 aromatic heterocycles. The number of carbonyl (C=O) groups excluding carboxylic acids is 1. The number of hydrogen-bond donors (Lipinski definition) is 5. The first-order valence-corrected chi connectivity index (χ1v) is 18.9. The van der Waals surface area contributed by atoms with Gasteiger partial charge in [-0.3, -0.25) is 4.79 Å². The highest BCUT2D eigenvalue weighted by atomic mass is 16.6. The monoisotopic (exact) mass is 660 g/mol. The summed E-state index contributed by atoms with van der Waals surface area (Å²) in [5.41, 5.74) is -2.70. The lowest BCUT2D eigenvalue weighted by atomic mass is 9.37. The largest absolute Gasteiger partial charge is 0.508 e. The Labute approximate surface area is 285 Å². The summed E-state index contributed by atoms with van der Waals surface area (Å²) in [4.78, 5) is 14.4. The van der Waals surface area contributed by atoms with Crippen LogP contribution in [-0.4, -0.2) is 66.9 Å². The van der Waals surface area contributed by atoms with Crippen molar-refractivity contribution in [2.75, 3.05) is 0 Å². The molecule has 7 aliphatic rings. The third-order valence-corrected chi connectivity index (χ3v) is 16.0. The molecule has 262 valence electrons. The molecule has 4 saturated carbocycles. The number of fused-ring (bicyclic) bond motifs is 5. The summed E-state index contributed by atoms with van der Waals surface area (Å²) in [5, 5.41) is 59.9. The van der Waals surface area contributed by atoms with Crippen LogP contribution in [0, 0.1) is 51.8 Å². The number of phenolic OH excluding ortho intramolecular Hbond substituents is 1. The first-order valence-electron chi connectivity index (χ1n) is 18.9. The molecule has 1 spiro atoms. The van der Waals surface area contributed by atoms with E-state index in [4.69, 9.17) is 4.74 Å². The molecule has 0 radical (unpaired) electrons. The zero-order valence-electron chi connectivity index (χ0n) is 29.1. The van der Waals surface area contributed by atoms with Gasteiger partial charge in [0.2, 0.25) is 0 Å². The van der Waals surface area contributed by atoms with E-state index in [0.717, 1.165) is 43.2 Å².